The maximum Gasteiger partial charge on any atom is 0.222 e. The molecular formula is C8H13N5. The highest BCUT2D eigenvalue weighted by atomic mass is 15.2. The van der Waals surface area contributed by atoms with Crippen molar-refractivity contribution in [3.05, 3.63) is 11.3 Å². The summed E-state index contributed by atoms with van der Waals surface area (Å²) in [4.78, 5) is 10.5. The quantitative estimate of drug-likeness (QED) is 0.637. The number of nitrogens with one attached hydrogen (secondary N) is 1. The standard InChI is InChI=1S/C8H13N5/c1-10-7-5-3-13(2)4-6(5)11-8(9)12-7/h3-4H2,1-2H3,(H3,9,10,11,12). The zero-order chi connectivity index (χ0) is 9.42. The molecule has 0 amide bonds. The number of rotatable bonds is 1. The van der Waals surface area contributed by atoms with Gasteiger partial charge in [-0.3, -0.25) is 4.90 Å². The van der Waals surface area contributed by atoms with Gasteiger partial charge in [-0.2, -0.15) is 4.98 Å². The molecule has 0 fully saturated rings. The molecule has 2 heterocycles. The van der Waals surface area contributed by atoms with E-state index >= 15 is 0 Å². The Morgan fingerprint density at radius 2 is 2.15 bits per heavy atom. The maximum atomic E-state index is 5.57. The molecule has 5 nitrogen and oxygen atoms in total. The van der Waals surface area contributed by atoms with E-state index < -0.39 is 0 Å². The molecule has 5 heteroatoms. The summed E-state index contributed by atoms with van der Waals surface area (Å²) in [6.45, 7) is 1.75. The molecule has 1 aromatic heterocycles. The Morgan fingerprint density at radius 3 is 2.85 bits per heavy atom. The van der Waals surface area contributed by atoms with Crippen LogP contribution in [0.5, 0.6) is 0 Å². The van der Waals surface area contributed by atoms with Crippen molar-refractivity contribution in [2.45, 2.75) is 13.1 Å². The van der Waals surface area contributed by atoms with Crippen LogP contribution in [-0.4, -0.2) is 29.0 Å². The third-order valence-electron chi connectivity index (χ3n) is 2.19. The molecular weight excluding hydrogens is 166 g/mol. The lowest BCUT2D eigenvalue weighted by Crippen LogP contribution is -2.08. The van der Waals surface area contributed by atoms with Crippen LogP contribution >= 0.6 is 0 Å². The smallest absolute Gasteiger partial charge is 0.222 e. The first-order chi connectivity index (χ1) is 6.20. The van der Waals surface area contributed by atoms with E-state index in [-0.39, 0.29) is 0 Å². The molecule has 0 atom stereocenters. The molecule has 1 aliphatic rings. The average Bonchev–Trinajstić information content (AvgIpc) is 2.43. The Morgan fingerprint density at radius 1 is 1.38 bits per heavy atom. The Kier molecular flexibility index (Phi) is 1.81. The number of anilines is 2. The van der Waals surface area contributed by atoms with Crippen molar-refractivity contribution in [1.82, 2.24) is 14.9 Å². The summed E-state index contributed by atoms with van der Waals surface area (Å²) < 4.78 is 0. The van der Waals surface area contributed by atoms with Gasteiger partial charge >= 0.3 is 0 Å². The molecule has 0 aliphatic carbocycles. The van der Waals surface area contributed by atoms with Gasteiger partial charge in [-0.1, -0.05) is 0 Å². The molecule has 0 radical (unpaired) electrons. The third-order valence-corrected chi connectivity index (χ3v) is 2.19. The summed E-state index contributed by atoms with van der Waals surface area (Å²) in [5.74, 6) is 1.20. The zero-order valence-electron chi connectivity index (χ0n) is 7.83. The van der Waals surface area contributed by atoms with Crippen molar-refractivity contribution in [3.63, 3.8) is 0 Å². The van der Waals surface area contributed by atoms with Crippen molar-refractivity contribution in [3.8, 4) is 0 Å². The fourth-order valence-electron chi connectivity index (χ4n) is 1.63. The fraction of sp³-hybridized carbons (Fsp3) is 0.500. The minimum Gasteiger partial charge on any atom is -0.373 e. The summed E-state index contributed by atoms with van der Waals surface area (Å²) in [6, 6.07) is 0. The number of aromatic nitrogens is 2. The maximum absolute atomic E-state index is 5.57. The van der Waals surface area contributed by atoms with Crippen molar-refractivity contribution in [1.29, 1.82) is 0 Å². The van der Waals surface area contributed by atoms with Gasteiger partial charge in [0.05, 0.1) is 5.69 Å². The average molecular weight is 179 g/mol. The second-order valence-electron chi connectivity index (χ2n) is 3.28. The SMILES string of the molecule is CNc1nc(N)nc2c1CN(C)C2. The lowest BCUT2D eigenvalue weighted by molar-refractivity contribution is 0.351. The number of nitrogens with two attached hydrogens (primary N) is 1. The molecule has 13 heavy (non-hydrogen) atoms. The number of nitrogens with zero attached hydrogens (tertiary/aromatic N) is 3. The van der Waals surface area contributed by atoms with Crippen molar-refractivity contribution in [2.24, 2.45) is 0 Å². The number of hydrogen-bond acceptors (Lipinski definition) is 5. The van der Waals surface area contributed by atoms with Gasteiger partial charge in [0.15, 0.2) is 0 Å². The molecule has 70 valence electrons. The Balaban J connectivity index is 2.50. The third kappa shape index (κ3) is 1.31. The topological polar surface area (TPSA) is 67.1 Å². The molecule has 0 saturated heterocycles. The molecule has 2 rings (SSSR count). The van der Waals surface area contributed by atoms with Gasteiger partial charge in [-0.25, -0.2) is 4.98 Å². The summed E-state index contributed by atoms with van der Waals surface area (Å²) in [5, 5.41) is 3.03. The van der Waals surface area contributed by atoms with Crippen LogP contribution in [0.2, 0.25) is 0 Å². The van der Waals surface area contributed by atoms with E-state index in [2.05, 4.69) is 27.2 Å². The van der Waals surface area contributed by atoms with Gasteiger partial charge in [0.25, 0.3) is 0 Å². The molecule has 0 aromatic carbocycles. The predicted molar refractivity (Wildman–Crippen MR) is 51.2 cm³/mol. The van der Waals surface area contributed by atoms with Crippen LogP contribution < -0.4 is 11.1 Å². The highest BCUT2D eigenvalue weighted by molar-refractivity contribution is 5.50. The monoisotopic (exact) mass is 179 g/mol. The van der Waals surface area contributed by atoms with Crippen LogP contribution in [0.25, 0.3) is 0 Å². The van der Waals surface area contributed by atoms with Gasteiger partial charge in [-0.05, 0) is 7.05 Å². The Hall–Kier alpha value is -1.36. The molecule has 0 spiro atoms. The summed E-state index contributed by atoms with van der Waals surface area (Å²) in [6.07, 6.45) is 0. The highest BCUT2D eigenvalue weighted by Crippen LogP contribution is 2.25. The van der Waals surface area contributed by atoms with Gasteiger partial charge in [0.1, 0.15) is 5.82 Å². The van der Waals surface area contributed by atoms with Crippen LogP contribution in [0, 0.1) is 0 Å². The van der Waals surface area contributed by atoms with Crippen molar-refractivity contribution in [2.75, 3.05) is 25.1 Å². The molecule has 0 bridgehead atoms. The first-order valence-corrected chi connectivity index (χ1v) is 4.22. The van der Waals surface area contributed by atoms with Crippen LogP contribution in [0.1, 0.15) is 11.3 Å². The van der Waals surface area contributed by atoms with E-state index in [0.717, 1.165) is 24.6 Å². The molecule has 0 unspecified atom stereocenters. The van der Waals surface area contributed by atoms with E-state index in [1.54, 1.807) is 0 Å². The van der Waals surface area contributed by atoms with Gasteiger partial charge < -0.3 is 11.1 Å². The fourth-order valence-corrected chi connectivity index (χ4v) is 1.63. The van der Waals surface area contributed by atoms with Crippen LogP contribution in [0.15, 0.2) is 0 Å². The van der Waals surface area contributed by atoms with E-state index in [4.69, 9.17) is 5.73 Å². The lowest BCUT2D eigenvalue weighted by Gasteiger charge is -2.06. The second-order valence-corrected chi connectivity index (χ2v) is 3.28. The number of nitrogen functional groups attached to an aromatic ring is 1. The van der Waals surface area contributed by atoms with E-state index in [0.29, 0.717) is 5.95 Å². The predicted octanol–water partition coefficient (Wildman–Crippen LogP) is 0.0459. The first-order valence-electron chi connectivity index (χ1n) is 4.22. The lowest BCUT2D eigenvalue weighted by atomic mass is 10.2. The van der Waals surface area contributed by atoms with E-state index in [1.807, 2.05) is 7.05 Å². The zero-order valence-corrected chi connectivity index (χ0v) is 7.83. The molecule has 3 N–H and O–H groups in total. The number of fused-ring (bicyclic) bond motifs is 1. The first kappa shape index (κ1) is 8.25. The number of hydrogen-bond donors (Lipinski definition) is 2. The van der Waals surface area contributed by atoms with Gasteiger partial charge in [0.2, 0.25) is 5.95 Å². The summed E-state index contributed by atoms with van der Waals surface area (Å²) >= 11 is 0. The highest BCUT2D eigenvalue weighted by Gasteiger charge is 2.21. The Bertz CT molecular complexity index is 336. The van der Waals surface area contributed by atoms with E-state index in [9.17, 15) is 0 Å². The normalized spacial score (nSPS) is 15.8. The summed E-state index contributed by atoms with van der Waals surface area (Å²) in [5.41, 5.74) is 7.78. The minimum absolute atomic E-state index is 0.346. The molecule has 0 saturated carbocycles. The molecule has 1 aromatic rings. The summed E-state index contributed by atoms with van der Waals surface area (Å²) in [7, 11) is 3.90. The molecule has 1 aliphatic heterocycles. The minimum atomic E-state index is 0.346. The van der Waals surface area contributed by atoms with Crippen LogP contribution in [-0.2, 0) is 13.1 Å². The van der Waals surface area contributed by atoms with Crippen LogP contribution in [0.3, 0.4) is 0 Å². The van der Waals surface area contributed by atoms with Crippen molar-refractivity contribution < 1.29 is 0 Å². The largest absolute Gasteiger partial charge is 0.373 e. The Labute approximate surface area is 77.0 Å². The second kappa shape index (κ2) is 2.85. The van der Waals surface area contributed by atoms with E-state index in [1.165, 1.54) is 5.56 Å². The van der Waals surface area contributed by atoms with Crippen molar-refractivity contribution >= 4 is 11.8 Å². The van der Waals surface area contributed by atoms with Gasteiger partial charge in [-0.15, -0.1) is 0 Å². The van der Waals surface area contributed by atoms with Gasteiger partial charge in [0, 0.05) is 25.7 Å². The van der Waals surface area contributed by atoms with Crippen LogP contribution in [0.4, 0.5) is 11.8 Å².